The second kappa shape index (κ2) is 8.54. The highest BCUT2D eigenvalue weighted by atomic mass is 16.5. The Balaban J connectivity index is 2.52. The molecule has 0 heterocycles. The molecule has 0 aliphatic heterocycles. The molecule has 1 aromatic carbocycles. The molecule has 1 amide bonds. The maximum atomic E-state index is 12.1. The van der Waals surface area contributed by atoms with Crippen molar-refractivity contribution in [1.82, 2.24) is 5.32 Å². The zero-order valence-electron chi connectivity index (χ0n) is 13.5. The Morgan fingerprint density at radius 2 is 1.95 bits per heavy atom. The number of ether oxygens (including phenoxy) is 1. The summed E-state index contributed by atoms with van der Waals surface area (Å²) in [6.45, 7) is 3.93. The van der Waals surface area contributed by atoms with Crippen LogP contribution in [0.4, 0.5) is 0 Å². The van der Waals surface area contributed by atoms with Crippen molar-refractivity contribution >= 4 is 11.9 Å². The normalized spacial score (nSPS) is 14.9. The van der Waals surface area contributed by atoms with Crippen LogP contribution in [0.5, 0.6) is 0 Å². The first kappa shape index (κ1) is 18.2. The minimum atomic E-state index is -0.961. The first-order valence-corrected chi connectivity index (χ1v) is 7.43. The lowest BCUT2D eigenvalue weighted by Gasteiger charge is -2.28. The number of carbonyl (C=O) groups is 2. The molecule has 0 radical (unpaired) electrons. The molecule has 2 N–H and O–H groups in total. The molecule has 0 spiro atoms. The number of carboxylic acids is 1. The quantitative estimate of drug-likeness (QED) is 0.735. The molecule has 5 heteroatoms. The standard InChI is InChI=1S/C17H25NO4/c1-13(14-7-5-4-6-8-14)9-10-15(19)18-17(2,12-22-3)11-16(20)21/h4-8,13H,9-12H2,1-3H3,(H,18,19)(H,20,21). The van der Waals surface area contributed by atoms with E-state index in [1.54, 1.807) is 6.92 Å². The number of nitrogens with one attached hydrogen (secondary N) is 1. The van der Waals surface area contributed by atoms with Gasteiger partial charge < -0.3 is 15.2 Å². The second-order valence-electron chi connectivity index (χ2n) is 5.96. The van der Waals surface area contributed by atoms with Crippen LogP contribution < -0.4 is 5.32 Å². The SMILES string of the molecule is COCC(C)(CC(=O)O)NC(=O)CCC(C)c1ccccc1. The van der Waals surface area contributed by atoms with Gasteiger partial charge in [0.2, 0.25) is 5.91 Å². The number of hydrogen-bond donors (Lipinski definition) is 2. The van der Waals surface area contributed by atoms with Gasteiger partial charge in [0.1, 0.15) is 0 Å². The Morgan fingerprint density at radius 3 is 2.50 bits per heavy atom. The number of carbonyl (C=O) groups excluding carboxylic acids is 1. The van der Waals surface area contributed by atoms with Crippen molar-refractivity contribution in [2.24, 2.45) is 0 Å². The summed E-state index contributed by atoms with van der Waals surface area (Å²) in [5.41, 5.74) is 0.314. The average molecular weight is 307 g/mol. The van der Waals surface area contributed by atoms with Gasteiger partial charge in [0.05, 0.1) is 18.6 Å². The third-order valence-corrected chi connectivity index (χ3v) is 3.62. The molecule has 2 atom stereocenters. The summed E-state index contributed by atoms with van der Waals surface area (Å²) in [5, 5.41) is 11.7. The highest BCUT2D eigenvalue weighted by molar-refractivity contribution is 5.78. The number of rotatable bonds is 9. The van der Waals surface area contributed by atoms with E-state index in [9.17, 15) is 9.59 Å². The Hall–Kier alpha value is -1.88. The maximum Gasteiger partial charge on any atom is 0.305 e. The van der Waals surface area contributed by atoms with Crippen LogP contribution in [-0.4, -0.2) is 36.2 Å². The van der Waals surface area contributed by atoms with Crippen molar-refractivity contribution in [3.05, 3.63) is 35.9 Å². The van der Waals surface area contributed by atoms with Gasteiger partial charge in [0, 0.05) is 13.5 Å². The van der Waals surface area contributed by atoms with Gasteiger partial charge in [-0.05, 0) is 24.8 Å². The first-order chi connectivity index (χ1) is 10.4. The van der Waals surface area contributed by atoms with Crippen LogP contribution in [0.3, 0.4) is 0 Å². The third-order valence-electron chi connectivity index (χ3n) is 3.62. The van der Waals surface area contributed by atoms with Crippen LogP contribution in [0.1, 0.15) is 44.6 Å². The molecule has 0 saturated carbocycles. The van der Waals surface area contributed by atoms with Gasteiger partial charge in [-0.15, -0.1) is 0 Å². The summed E-state index contributed by atoms with van der Waals surface area (Å²) in [5.74, 6) is -0.832. The number of carboxylic acid groups (broad SMARTS) is 1. The predicted octanol–water partition coefficient (Wildman–Crippen LogP) is 2.57. The van der Waals surface area contributed by atoms with E-state index < -0.39 is 11.5 Å². The van der Waals surface area contributed by atoms with Crippen molar-refractivity contribution in [2.45, 2.75) is 44.6 Å². The van der Waals surface area contributed by atoms with Crippen molar-refractivity contribution in [1.29, 1.82) is 0 Å². The summed E-state index contributed by atoms with van der Waals surface area (Å²) in [6.07, 6.45) is 0.905. The number of aliphatic carboxylic acids is 1. The molecule has 1 rings (SSSR count). The number of hydrogen-bond acceptors (Lipinski definition) is 3. The number of methoxy groups -OCH3 is 1. The average Bonchev–Trinajstić information content (AvgIpc) is 2.44. The lowest BCUT2D eigenvalue weighted by Crippen LogP contribution is -2.50. The zero-order chi connectivity index (χ0) is 16.6. The molecule has 0 bridgehead atoms. The highest BCUT2D eigenvalue weighted by Crippen LogP contribution is 2.20. The van der Waals surface area contributed by atoms with E-state index in [1.165, 1.54) is 12.7 Å². The van der Waals surface area contributed by atoms with Crippen LogP contribution >= 0.6 is 0 Å². The molecular weight excluding hydrogens is 282 g/mol. The lowest BCUT2D eigenvalue weighted by molar-refractivity contribution is -0.139. The molecule has 0 saturated heterocycles. The zero-order valence-corrected chi connectivity index (χ0v) is 13.5. The summed E-state index contributed by atoms with van der Waals surface area (Å²) in [7, 11) is 1.49. The van der Waals surface area contributed by atoms with Crippen LogP contribution in [0.25, 0.3) is 0 Å². The smallest absolute Gasteiger partial charge is 0.305 e. The maximum absolute atomic E-state index is 12.1. The molecule has 5 nitrogen and oxygen atoms in total. The summed E-state index contributed by atoms with van der Waals surface area (Å²) in [4.78, 5) is 23.0. The molecule has 122 valence electrons. The molecule has 0 fully saturated rings. The number of benzene rings is 1. The monoisotopic (exact) mass is 307 g/mol. The van der Waals surface area contributed by atoms with Gasteiger partial charge in [-0.2, -0.15) is 0 Å². The third kappa shape index (κ3) is 6.26. The fraction of sp³-hybridized carbons (Fsp3) is 0.529. The van der Waals surface area contributed by atoms with Crippen molar-refractivity contribution in [3.63, 3.8) is 0 Å². The van der Waals surface area contributed by atoms with Crippen LogP contribution in [0.15, 0.2) is 30.3 Å². The Kier molecular flexibility index (Phi) is 7.05. The fourth-order valence-electron chi connectivity index (χ4n) is 2.48. The van der Waals surface area contributed by atoms with Crippen LogP contribution in [0, 0.1) is 0 Å². The predicted molar refractivity (Wildman–Crippen MR) is 84.8 cm³/mol. The van der Waals surface area contributed by atoms with E-state index >= 15 is 0 Å². The van der Waals surface area contributed by atoms with Crippen molar-refractivity contribution < 1.29 is 19.4 Å². The largest absolute Gasteiger partial charge is 0.481 e. The molecule has 2 unspecified atom stereocenters. The fourth-order valence-corrected chi connectivity index (χ4v) is 2.48. The van der Waals surface area contributed by atoms with Crippen LogP contribution in [-0.2, 0) is 14.3 Å². The molecule has 0 aromatic heterocycles. The minimum absolute atomic E-state index is 0.149. The lowest BCUT2D eigenvalue weighted by atomic mass is 9.95. The molecule has 0 aliphatic rings. The van der Waals surface area contributed by atoms with E-state index in [4.69, 9.17) is 9.84 Å². The van der Waals surface area contributed by atoms with Gasteiger partial charge in [0.25, 0.3) is 0 Å². The topological polar surface area (TPSA) is 75.6 Å². The van der Waals surface area contributed by atoms with E-state index in [0.717, 1.165) is 0 Å². The van der Waals surface area contributed by atoms with Crippen molar-refractivity contribution in [3.8, 4) is 0 Å². The highest BCUT2D eigenvalue weighted by Gasteiger charge is 2.29. The Morgan fingerprint density at radius 1 is 1.32 bits per heavy atom. The van der Waals surface area contributed by atoms with Gasteiger partial charge in [0.15, 0.2) is 0 Å². The first-order valence-electron chi connectivity index (χ1n) is 7.43. The molecule has 22 heavy (non-hydrogen) atoms. The number of amides is 1. The van der Waals surface area contributed by atoms with E-state index in [0.29, 0.717) is 12.8 Å². The minimum Gasteiger partial charge on any atom is -0.481 e. The summed E-state index contributed by atoms with van der Waals surface area (Å²) in [6, 6.07) is 10.0. The Bertz CT molecular complexity index is 489. The Labute approximate surface area is 131 Å². The van der Waals surface area contributed by atoms with Gasteiger partial charge in [-0.25, -0.2) is 0 Å². The second-order valence-corrected chi connectivity index (χ2v) is 5.96. The molecule has 0 aliphatic carbocycles. The van der Waals surface area contributed by atoms with Gasteiger partial charge >= 0.3 is 5.97 Å². The molecule has 1 aromatic rings. The van der Waals surface area contributed by atoms with Crippen LogP contribution in [0.2, 0.25) is 0 Å². The summed E-state index contributed by atoms with van der Waals surface area (Å²) >= 11 is 0. The molecular formula is C17H25NO4. The van der Waals surface area contributed by atoms with E-state index in [2.05, 4.69) is 12.2 Å². The summed E-state index contributed by atoms with van der Waals surface area (Å²) < 4.78 is 5.03. The van der Waals surface area contributed by atoms with E-state index in [-0.39, 0.29) is 24.9 Å². The van der Waals surface area contributed by atoms with E-state index in [1.807, 2.05) is 30.3 Å². The van der Waals surface area contributed by atoms with Crippen molar-refractivity contribution in [2.75, 3.05) is 13.7 Å². The van der Waals surface area contributed by atoms with Gasteiger partial charge in [-0.1, -0.05) is 37.3 Å². The van der Waals surface area contributed by atoms with Gasteiger partial charge in [-0.3, -0.25) is 9.59 Å².